The number of furan rings is 1. The Hall–Kier alpha value is -2.82. The van der Waals surface area contributed by atoms with Crippen molar-refractivity contribution in [3.8, 4) is 5.75 Å². The maximum absolute atomic E-state index is 13.5. The second kappa shape index (κ2) is 6.52. The lowest BCUT2D eigenvalue weighted by molar-refractivity contribution is -0.144. The molecular formula is C18H15FO4. The first-order valence-corrected chi connectivity index (χ1v) is 7.10. The average molecular weight is 314 g/mol. The van der Waals surface area contributed by atoms with E-state index in [1.165, 1.54) is 12.3 Å². The molecule has 1 aromatic heterocycles. The molecule has 2 aromatic carbocycles. The first-order chi connectivity index (χ1) is 11.2. The minimum atomic E-state index is -0.438. The van der Waals surface area contributed by atoms with Gasteiger partial charge in [0.15, 0.2) is 0 Å². The lowest BCUT2D eigenvalue weighted by atomic mass is 10.1. The summed E-state index contributed by atoms with van der Waals surface area (Å²) >= 11 is 0. The van der Waals surface area contributed by atoms with Crippen LogP contribution in [0.5, 0.6) is 5.75 Å². The molecule has 0 aliphatic carbocycles. The molecule has 0 amide bonds. The van der Waals surface area contributed by atoms with Gasteiger partial charge in [-0.1, -0.05) is 18.2 Å². The Bertz CT molecular complexity index is 838. The lowest BCUT2D eigenvalue weighted by Gasteiger charge is -2.05. The molecule has 0 saturated carbocycles. The van der Waals surface area contributed by atoms with Gasteiger partial charge in [-0.05, 0) is 18.2 Å². The number of halogens is 1. The Morgan fingerprint density at radius 3 is 2.78 bits per heavy atom. The Balaban J connectivity index is 1.67. The zero-order chi connectivity index (χ0) is 16.2. The fourth-order valence-electron chi connectivity index (χ4n) is 2.31. The Labute approximate surface area is 132 Å². The van der Waals surface area contributed by atoms with Crippen molar-refractivity contribution in [1.29, 1.82) is 0 Å². The van der Waals surface area contributed by atoms with E-state index in [-0.39, 0.29) is 18.8 Å². The molecule has 4 nitrogen and oxygen atoms in total. The third-order valence-electron chi connectivity index (χ3n) is 3.54. The molecule has 0 saturated heterocycles. The molecule has 0 fully saturated rings. The van der Waals surface area contributed by atoms with Crippen molar-refractivity contribution in [2.75, 3.05) is 7.11 Å². The number of fused-ring (bicyclic) bond motifs is 1. The molecule has 0 radical (unpaired) electrons. The standard InChI is InChI=1S/C18H15FO4/c1-21-14-6-7-15-13(11-22-17(15)9-14)8-18(20)23-10-12-4-2-3-5-16(12)19/h2-7,9,11H,8,10H2,1H3. The summed E-state index contributed by atoms with van der Waals surface area (Å²) in [4.78, 5) is 12.0. The number of hydrogen-bond donors (Lipinski definition) is 0. The van der Waals surface area contributed by atoms with Gasteiger partial charge >= 0.3 is 5.97 Å². The number of carbonyl (C=O) groups excluding carboxylic acids is 1. The molecule has 5 heteroatoms. The minimum Gasteiger partial charge on any atom is -0.497 e. The van der Waals surface area contributed by atoms with Gasteiger partial charge < -0.3 is 13.9 Å². The van der Waals surface area contributed by atoms with Gasteiger partial charge in [-0.15, -0.1) is 0 Å². The summed E-state index contributed by atoms with van der Waals surface area (Å²) in [5.41, 5.74) is 1.71. The predicted molar refractivity (Wildman–Crippen MR) is 82.7 cm³/mol. The van der Waals surface area contributed by atoms with Crippen molar-refractivity contribution < 1.29 is 23.1 Å². The van der Waals surface area contributed by atoms with Gasteiger partial charge in [-0.25, -0.2) is 4.39 Å². The number of benzene rings is 2. The maximum Gasteiger partial charge on any atom is 0.310 e. The van der Waals surface area contributed by atoms with E-state index in [9.17, 15) is 9.18 Å². The summed E-state index contributed by atoms with van der Waals surface area (Å²) in [5.74, 6) is -0.145. The summed E-state index contributed by atoms with van der Waals surface area (Å²) in [6.45, 7) is -0.0882. The lowest BCUT2D eigenvalue weighted by Crippen LogP contribution is -2.08. The fraction of sp³-hybridized carbons (Fsp3) is 0.167. The Kier molecular flexibility index (Phi) is 4.28. The summed E-state index contributed by atoms with van der Waals surface area (Å²) < 4.78 is 29.2. The fourth-order valence-corrected chi connectivity index (χ4v) is 2.31. The van der Waals surface area contributed by atoms with E-state index in [4.69, 9.17) is 13.9 Å². The monoisotopic (exact) mass is 314 g/mol. The quantitative estimate of drug-likeness (QED) is 0.671. The van der Waals surface area contributed by atoms with Crippen molar-refractivity contribution >= 4 is 16.9 Å². The largest absolute Gasteiger partial charge is 0.497 e. The highest BCUT2D eigenvalue weighted by Gasteiger charge is 2.13. The van der Waals surface area contributed by atoms with Crippen LogP contribution in [0.15, 0.2) is 53.1 Å². The van der Waals surface area contributed by atoms with Crippen LogP contribution in [0.2, 0.25) is 0 Å². The first-order valence-electron chi connectivity index (χ1n) is 7.10. The highest BCUT2D eigenvalue weighted by molar-refractivity contribution is 5.86. The summed E-state index contributed by atoms with van der Waals surface area (Å²) in [7, 11) is 1.57. The zero-order valence-corrected chi connectivity index (χ0v) is 12.5. The number of rotatable bonds is 5. The Morgan fingerprint density at radius 2 is 2.00 bits per heavy atom. The third kappa shape index (κ3) is 3.34. The molecule has 0 atom stereocenters. The maximum atomic E-state index is 13.5. The van der Waals surface area contributed by atoms with Crippen LogP contribution < -0.4 is 4.74 Å². The summed E-state index contributed by atoms with van der Waals surface area (Å²) in [6, 6.07) is 11.6. The first kappa shape index (κ1) is 15.1. The molecule has 0 bridgehead atoms. The van der Waals surface area contributed by atoms with Gasteiger partial charge in [0.05, 0.1) is 19.8 Å². The van der Waals surface area contributed by atoms with Crippen LogP contribution in [-0.2, 0) is 22.6 Å². The van der Waals surface area contributed by atoms with Gasteiger partial charge in [0.25, 0.3) is 0 Å². The second-order valence-electron chi connectivity index (χ2n) is 5.05. The number of esters is 1. The molecule has 0 unspecified atom stereocenters. The molecular weight excluding hydrogens is 299 g/mol. The third-order valence-corrected chi connectivity index (χ3v) is 3.54. The van der Waals surface area contributed by atoms with E-state index in [1.807, 2.05) is 6.07 Å². The molecule has 1 heterocycles. The van der Waals surface area contributed by atoms with Crippen molar-refractivity contribution in [1.82, 2.24) is 0 Å². The van der Waals surface area contributed by atoms with Gasteiger partial charge in [0.2, 0.25) is 0 Å². The van der Waals surface area contributed by atoms with Gasteiger partial charge in [0, 0.05) is 22.6 Å². The van der Waals surface area contributed by atoms with E-state index < -0.39 is 5.97 Å². The SMILES string of the molecule is COc1ccc2c(CC(=O)OCc3ccccc3F)coc2c1. The minimum absolute atomic E-state index is 0.0633. The number of methoxy groups -OCH3 is 1. The van der Waals surface area contributed by atoms with E-state index in [0.29, 0.717) is 16.9 Å². The number of carbonyl (C=O) groups is 1. The van der Waals surface area contributed by atoms with Crippen LogP contribution >= 0.6 is 0 Å². The van der Waals surface area contributed by atoms with Crippen LogP contribution in [0, 0.1) is 5.82 Å². The van der Waals surface area contributed by atoms with Gasteiger partial charge in [-0.3, -0.25) is 4.79 Å². The van der Waals surface area contributed by atoms with Gasteiger partial charge in [0.1, 0.15) is 23.8 Å². The van der Waals surface area contributed by atoms with Crippen LogP contribution in [-0.4, -0.2) is 13.1 Å². The van der Waals surface area contributed by atoms with Crippen molar-refractivity contribution in [2.24, 2.45) is 0 Å². The van der Waals surface area contributed by atoms with E-state index in [2.05, 4.69) is 0 Å². The molecule has 0 spiro atoms. The molecule has 0 aliphatic rings. The van der Waals surface area contributed by atoms with E-state index >= 15 is 0 Å². The van der Waals surface area contributed by atoms with Crippen molar-refractivity contribution in [3.63, 3.8) is 0 Å². The highest BCUT2D eigenvalue weighted by Crippen LogP contribution is 2.26. The highest BCUT2D eigenvalue weighted by atomic mass is 19.1. The van der Waals surface area contributed by atoms with Crippen LogP contribution in [0.3, 0.4) is 0 Å². The molecule has 23 heavy (non-hydrogen) atoms. The molecule has 0 aliphatic heterocycles. The summed E-state index contributed by atoms with van der Waals surface area (Å²) in [5, 5.41) is 0.827. The molecule has 3 aromatic rings. The van der Waals surface area contributed by atoms with Crippen LogP contribution in [0.25, 0.3) is 11.0 Å². The van der Waals surface area contributed by atoms with Crippen molar-refractivity contribution in [3.05, 3.63) is 65.7 Å². The van der Waals surface area contributed by atoms with Crippen molar-refractivity contribution in [2.45, 2.75) is 13.0 Å². The number of hydrogen-bond acceptors (Lipinski definition) is 4. The zero-order valence-electron chi connectivity index (χ0n) is 12.5. The summed E-state index contributed by atoms with van der Waals surface area (Å²) in [6.07, 6.45) is 1.59. The Morgan fingerprint density at radius 1 is 1.17 bits per heavy atom. The topological polar surface area (TPSA) is 48.7 Å². The normalized spacial score (nSPS) is 10.7. The van der Waals surface area contributed by atoms with E-state index in [1.54, 1.807) is 37.4 Å². The van der Waals surface area contributed by atoms with Crippen LogP contribution in [0.1, 0.15) is 11.1 Å². The smallest absolute Gasteiger partial charge is 0.310 e. The molecule has 0 N–H and O–H groups in total. The average Bonchev–Trinajstić information content (AvgIpc) is 2.96. The molecule has 3 rings (SSSR count). The number of ether oxygens (including phenoxy) is 2. The molecule has 118 valence electrons. The second-order valence-corrected chi connectivity index (χ2v) is 5.05. The van der Waals surface area contributed by atoms with Gasteiger partial charge in [-0.2, -0.15) is 0 Å². The van der Waals surface area contributed by atoms with Crippen LogP contribution in [0.4, 0.5) is 4.39 Å². The van der Waals surface area contributed by atoms with E-state index in [0.717, 1.165) is 10.9 Å². The predicted octanol–water partition coefficient (Wildman–Crippen LogP) is 3.87.